The minimum atomic E-state index is -0.220. The molecule has 0 saturated heterocycles. The van der Waals surface area contributed by atoms with Gasteiger partial charge < -0.3 is 10.6 Å². The van der Waals surface area contributed by atoms with Crippen LogP contribution in [0.15, 0.2) is 54.6 Å². The SMILES string of the molecule is Cc1nn(-c2ccccc2)c(C)c1C(=O)Nc1cccc(NC(=O)C2CC2)c1. The summed E-state index contributed by atoms with van der Waals surface area (Å²) in [5, 5.41) is 10.3. The van der Waals surface area contributed by atoms with E-state index in [1.165, 1.54) is 0 Å². The van der Waals surface area contributed by atoms with E-state index in [1.807, 2.05) is 56.3 Å². The Morgan fingerprint density at radius 1 is 0.964 bits per heavy atom. The second-order valence-corrected chi connectivity index (χ2v) is 7.09. The zero-order valence-electron chi connectivity index (χ0n) is 15.9. The van der Waals surface area contributed by atoms with Crippen molar-refractivity contribution in [3.63, 3.8) is 0 Å². The van der Waals surface area contributed by atoms with Crippen LogP contribution in [0.25, 0.3) is 5.69 Å². The maximum Gasteiger partial charge on any atom is 0.259 e. The van der Waals surface area contributed by atoms with Gasteiger partial charge in [0.15, 0.2) is 0 Å². The van der Waals surface area contributed by atoms with E-state index in [2.05, 4.69) is 15.7 Å². The third kappa shape index (κ3) is 3.67. The number of aryl methyl sites for hydroxylation is 1. The van der Waals surface area contributed by atoms with Crippen molar-refractivity contribution in [1.29, 1.82) is 0 Å². The highest BCUT2D eigenvalue weighted by Gasteiger charge is 2.29. The molecule has 2 aromatic carbocycles. The number of anilines is 2. The summed E-state index contributed by atoms with van der Waals surface area (Å²) >= 11 is 0. The number of hydrogen-bond acceptors (Lipinski definition) is 3. The zero-order chi connectivity index (χ0) is 19.7. The number of benzene rings is 2. The van der Waals surface area contributed by atoms with Crippen LogP contribution in [-0.2, 0) is 4.79 Å². The molecule has 0 atom stereocenters. The Labute approximate surface area is 163 Å². The minimum absolute atomic E-state index is 0.0410. The number of hydrogen-bond donors (Lipinski definition) is 2. The Bertz CT molecular complexity index is 1040. The minimum Gasteiger partial charge on any atom is -0.326 e. The van der Waals surface area contributed by atoms with Crippen LogP contribution >= 0.6 is 0 Å². The lowest BCUT2D eigenvalue weighted by Crippen LogP contribution is -2.15. The van der Waals surface area contributed by atoms with Crippen LogP contribution in [-0.4, -0.2) is 21.6 Å². The van der Waals surface area contributed by atoms with E-state index in [9.17, 15) is 9.59 Å². The molecular formula is C22H22N4O2. The number of nitrogens with zero attached hydrogens (tertiary/aromatic N) is 2. The van der Waals surface area contributed by atoms with Crippen molar-refractivity contribution in [3.8, 4) is 5.69 Å². The molecule has 0 bridgehead atoms. The highest BCUT2D eigenvalue weighted by Crippen LogP contribution is 2.30. The van der Waals surface area contributed by atoms with E-state index >= 15 is 0 Å². The summed E-state index contributed by atoms with van der Waals surface area (Å²) < 4.78 is 1.77. The average molecular weight is 374 g/mol. The van der Waals surface area contributed by atoms with Gasteiger partial charge in [-0.15, -0.1) is 0 Å². The fourth-order valence-electron chi connectivity index (χ4n) is 3.25. The Morgan fingerprint density at radius 3 is 2.32 bits per heavy atom. The number of para-hydroxylation sites is 1. The highest BCUT2D eigenvalue weighted by molar-refractivity contribution is 6.06. The largest absolute Gasteiger partial charge is 0.326 e. The topological polar surface area (TPSA) is 76.0 Å². The first-order chi connectivity index (χ1) is 13.5. The predicted octanol–water partition coefficient (Wildman–Crippen LogP) is 4.09. The van der Waals surface area contributed by atoms with E-state index in [4.69, 9.17) is 0 Å². The summed E-state index contributed by atoms with van der Waals surface area (Å²) in [5.74, 6) is -0.0467. The summed E-state index contributed by atoms with van der Waals surface area (Å²) in [6, 6.07) is 16.9. The van der Waals surface area contributed by atoms with Gasteiger partial charge in [0, 0.05) is 17.3 Å². The fourth-order valence-corrected chi connectivity index (χ4v) is 3.25. The van der Waals surface area contributed by atoms with Crippen molar-refractivity contribution >= 4 is 23.2 Å². The lowest BCUT2D eigenvalue weighted by atomic mass is 10.1. The molecule has 1 heterocycles. The standard InChI is InChI=1S/C22H22N4O2/c1-14-20(15(2)26(25-14)19-9-4-3-5-10-19)22(28)24-18-8-6-7-17(13-18)23-21(27)16-11-12-16/h3-10,13,16H,11-12H2,1-2H3,(H,23,27)(H,24,28). The Morgan fingerprint density at radius 2 is 1.64 bits per heavy atom. The van der Waals surface area contributed by atoms with E-state index < -0.39 is 0 Å². The van der Waals surface area contributed by atoms with Gasteiger partial charge in [0.1, 0.15) is 0 Å². The average Bonchev–Trinajstić information content (AvgIpc) is 3.48. The van der Waals surface area contributed by atoms with Gasteiger partial charge in [0.25, 0.3) is 5.91 Å². The molecule has 1 aliphatic carbocycles. The third-order valence-electron chi connectivity index (χ3n) is 4.86. The maximum absolute atomic E-state index is 12.9. The van der Waals surface area contributed by atoms with Gasteiger partial charge in [-0.2, -0.15) is 5.10 Å². The Balaban J connectivity index is 1.54. The first-order valence-corrected chi connectivity index (χ1v) is 9.37. The third-order valence-corrected chi connectivity index (χ3v) is 4.86. The molecule has 6 heteroatoms. The molecule has 0 unspecified atom stereocenters. The number of nitrogens with one attached hydrogen (secondary N) is 2. The van der Waals surface area contributed by atoms with Crippen molar-refractivity contribution in [2.75, 3.05) is 10.6 Å². The van der Waals surface area contributed by atoms with Gasteiger partial charge in [-0.3, -0.25) is 9.59 Å². The smallest absolute Gasteiger partial charge is 0.259 e. The normalized spacial score (nSPS) is 13.2. The molecule has 1 aliphatic rings. The van der Waals surface area contributed by atoms with E-state index in [0.717, 1.165) is 24.2 Å². The van der Waals surface area contributed by atoms with Crippen LogP contribution < -0.4 is 10.6 Å². The second kappa shape index (κ2) is 7.31. The van der Waals surface area contributed by atoms with Crippen LogP contribution in [0.2, 0.25) is 0 Å². The summed E-state index contributed by atoms with van der Waals surface area (Å²) in [7, 11) is 0. The highest BCUT2D eigenvalue weighted by atomic mass is 16.2. The first kappa shape index (κ1) is 18.0. The molecule has 0 radical (unpaired) electrons. The van der Waals surface area contributed by atoms with Crippen LogP contribution in [0.1, 0.15) is 34.6 Å². The van der Waals surface area contributed by atoms with E-state index in [1.54, 1.807) is 16.8 Å². The molecule has 142 valence electrons. The molecular weight excluding hydrogens is 352 g/mol. The van der Waals surface area contributed by atoms with Crippen LogP contribution in [0.3, 0.4) is 0 Å². The second-order valence-electron chi connectivity index (χ2n) is 7.09. The van der Waals surface area contributed by atoms with Gasteiger partial charge in [0.05, 0.1) is 22.6 Å². The molecule has 28 heavy (non-hydrogen) atoms. The number of carbonyl (C=O) groups excluding carboxylic acids is 2. The number of amides is 2. The summed E-state index contributed by atoms with van der Waals surface area (Å²) in [6.07, 6.45) is 1.90. The van der Waals surface area contributed by atoms with Gasteiger partial charge in [-0.1, -0.05) is 24.3 Å². The van der Waals surface area contributed by atoms with Crippen molar-refractivity contribution in [1.82, 2.24) is 9.78 Å². The van der Waals surface area contributed by atoms with Gasteiger partial charge in [-0.05, 0) is 57.0 Å². The Kier molecular flexibility index (Phi) is 4.69. The van der Waals surface area contributed by atoms with Gasteiger partial charge >= 0.3 is 0 Å². The first-order valence-electron chi connectivity index (χ1n) is 9.37. The molecule has 3 aromatic rings. The molecule has 2 N–H and O–H groups in total. The van der Waals surface area contributed by atoms with E-state index in [-0.39, 0.29) is 17.7 Å². The summed E-state index contributed by atoms with van der Waals surface area (Å²) in [5.41, 5.74) is 4.22. The van der Waals surface area contributed by atoms with Gasteiger partial charge in [-0.25, -0.2) is 4.68 Å². The fraction of sp³-hybridized carbons (Fsp3) is 0.227. The van der Waals surface area contributed by atoms with Crippen LogP contribution in [0, 0.1) is 19.8 Å². The molecule has 1 saturated carbocycles. The molecule has 0 spiro atoms. The number of rotatable bonds is 5. The predicted molar refractivity (Wildman–Crippen MR) is 109 cm³/mol. The van der Waals surface area contributed by atoms with Gasteiger partial charge in [0.2, 0.25) is 5.91 Å². The lowest BCUT2D eigenvalue weighted by Gasteiger charge is -2.09. The monoisotopic (exact) mass is 374 g/mol. The van der Waals surface area contributed by atoms with Crippen molar-refractivity contribution in [2.45, 2.75) is 26.7 Å². The van der Waals surface area contributed by atoms with Crippen molar-refractivity contribution in [2.24, 2.45) is 5.92 Å². The quantitative estimate of drug-likeness (QED) is 0.706. The van der Waals surface area contributed by atoms with E-state index in [0.29, 0.717) is 22.6 Å². The Hall–Kier alpha value is -3.41. The number of aromatic nitrogens is 2. The number of carbonyl (C=O) groups is 2. The molecule has 0 aliphatic heterocycles. The molecule has 4 rings (SSSR count). The van der Waals surface area contributed by atoms with Crippen molar-refractivity contribution < 1.29 is 9.59 Å². The lowest BCUT2D eigenvalue weighted by molar-refractivity contribution is -0.117. The summed E-state index contributed by atoms with van der Waals surface area (Å²) in [4.78, 5) is 24.8. The summed E-state index contributed by atoms with van der Waals surface area (Å²) in [6.45, 7) is 3.71. The van der Waals surface area contributed by atoms with Crippen LogP contribution in [0.5, 0.6) is 0 Å². The molecule has 6 nitrogen and oxygen atoms in total. The zero-order valence-corrected chi connectivity index (χ0v) is 15.9. The van der Waals surface area contributed by atoms with Crippen LogP contribution in [0.4, 0.5) is 11.4 Å². The molecule has 2 amide bonds. The van der Waals surface area contributed by atoms with Crippen molar-refractivity contribution in [3.05, 3.63) is 71.5 Å². The molecule has 1 aromatic heterocycles. The molecule has 1 fully saturated rings. The maximum atomic E-state index is 12.9.